The van der Waals surface area contributed by atoms with Gasteiger partial charge in [-0.3, -0.25) is 19.8 Å². The first-order valence-electron chi connectivity index (χ1n) is 9.24. The average Bonchev–Trinajstić information content (AvgIpc) is 2.64. The predicted molar refractivity (Wildman–Crippen MR) is 109 cm³/mol. The number of anilines is 3. The summed E-state index contributed by atoms with van der Waals surface area (Å²) in [5.74, 6) is -1.22. The predicted octanol–water partition coefficient (Wildman–Crippen LogP) is 3.54. The Balaban J connectivity index is 1.77. The maximum absolute atomic E-state index is 13.8. The minimum absolute atomic E-state index is 0.0174. The van der Waals surface area contributed by atoms with Gasteiger partial charge < -0.3 is 14.8 Å². The zero-order valence-electron chi connectivity index (χ0n) is 16.8. The molecule has 0 bridgehead atoms. The molecule has 3 amide bonds. The Hall–Kier alpha value is -3.62. The highest BCUT2D eigenvalue weighted by Crippen LogP contribution is 2.34. The molecule has 0 aliphatic carbocycles. The van der Waals surface area contributed by atoms with Crippen LogP contribution in [0.5, 0.6) is 5.75 Å². The van der Waals surface area contributed by atoms with E-state index < -0.39 is 29.3 Å². The van der Waals surface area contributed by atoms with Crippen molar-refractivity contribution in [3.8, 4) is 5.75 Å². The van der Waals surface area contributed by atoms with Gasteiger partial charge >= 0.3 is 6.09 Å². The van der Waals surface area contributed by atoms with Gasteiger partial charge in [-0.15, -0.1) is 0 Å². The van der Waals surface area contributed by atoms with Gasteiger partial charge in [-0.1, -0.05) is 12.1 Å². The highest BCUT2D eigenvalue weighted by molar-refractivity contribution is 6.05. The largest absolute Gasteiger partial charge is 0.482 e. The third kappa shape index (κ3) is 5.25. The van der Waals surface area contributed by atoms with Crippen molar-refractivity contribution in [2.45, 2.75) is 26.4 Å². The second-order valence-corrected chi connectivity index (χ2v) is 7.61. The van der Waals surface area contributed by atoms with E-state index in [1.165, 1.54) is 29.2 Å². The first kappa shape index (κ1) is 21.1. The summed E-state index contributed by atoms with van der Waals surface area (Å²) in [4.78, 5) is 38.0. The van der Waals surface area contributed by atoms with Crippen LogP contribution in [-0.4, -0.2) is 36.7 Å². The molecule has 2 N–H and O–H groups in total. The fourth-order valence-corrected chi connectivity index (χ4v) is 2.77. The number of ether oxygens (including phenoxy) is 2. The van der Waals surface area contributed by atoms with E-state index in [0.29, 0.717) is 17.1 Å². The number of benzene rings is 2. The Morgan fingerprint density at radius 3 is 2.60 bits per heavy atom. The molecule has 8 nitrogen and oxygen atoms in total. The van der Waals surface area contributed by atoms with Crippen LogP contribution in [0.25, 0.3) is 0 Å². The first-order valence-corrected chi connectivity index (χ1v) is 9.24. The summed E-state index contributed by atoms with van der Waals surface area (Å²) in [7, 11) is 0. The number of amides is 3. The lowest BCUT2D eigenvalue weighted by atomic mass is 10.2. The fraction of sp³-hybridized carbons (Fsp3) is 0.286. The minimum Gasteiger partial charge on any atom is -0.482 e. The summed E-state index contributed by atoms with van der Waals surface area (Å²) in [6, 6.07) is 10.4. The molecule has 2 aromatic rings. The van der Waals surface area contributed by atoms with Crippen molar-refractivity contribution in [2.24, 2.45) is 0 Å². The summed E-state index contributed by atoms with van der Waals surface area (Å²) in [5.41, 5.74) is 0.0156. The second kappa shape index (κ2) is 8.40. The highest BCUT2D eigenvalue weighted by Gasteiger charge is 2.28. The molecular formula is C21H22FN3O5. The third-order valence-corrected chi connectivity index (χ3v) is 4.00. The van der Waals surface area contributed by atoms with Crippen LogP contribution in [0.1, 0.15) is 20.8 Å². The number of hydrogen-bond donors (Lipinski definition) is 2. The molecule has 158 valence electrons. The van der Waals surface area contributed by atoms with E-state index >= 15 is 0 Å². The van der Waals surface area contributed by atoms with Crippen LogP contribution in [-0.2, 0) is 14.3 Å². The van der Waals surface area contributed by atoms with Gasteiger partial charge in [0.2, 0.25) is 5.91 Å². The zero-order valence-corrected chi connectivity index (χ0v) is 16.8. The number of nitrogens with one attached hydrogen (secondary N) is 2. The number of fused-ring (bicyclic) bond motifs is 1. The van der Waals surface area contributed by atoms with Crippen molar-refractivity contribution in [1.82, 2.24) is 0 Å². The van der Waals surface area contributed by atoms with Gasteiger partial charge in [0.15, 0.2) is 6.61 Å². The molecule has 0 radical (unpaired) electrons. The minimum atomic E-state index is -0.672. The van der Waals surface area contributed by atoms with Crippen molar-refractivity contribution >= 4 is 35.0 Å². The van der Waals surface area contributed by atoms with Gasteiger partial charge in [0.05, 0.1) is 11.4 Å². The van der Waals surface area contributed by atoms with Crippen LogP contribution in [0.15, 0.2) is 42.5 Å². The summed E-state index contributed by atoms with van der Waals surface area (Å²) in [5, 5.41) is 5.02. The molecule has 1 heterocycles. The molecular weight excluding hydrogens is 393 g/mol. The number of halogens is 1. The van der Waals surface area contributed by atoms with E-state index in [2.05, 4.69) is 10.6 Å². The molecule has 9 heteroatoms. The van der Waals surface area contributed by atoms with Gasteiger partial charge in [-0.05, 0) is 51.1 Å². The molecule has 0 saturated carbocycles. The van der Waals surface area contributed by atoms with Crippen molar-refractivity contribution < 1.29 is 28.2 Å². The van der Waals surface area contributed by atoms with Gasteiger partial charge in [-0.2, -0.15) is 0 Å². The Morgan fingerprint density at radius 2 is 1.90 bits per heavy atom. The lowest BCUT2D eigenvalue weighted by Gasteiger charge is -2.29. The van der Waals surface area contributed by atoms with Gasteiger partial charge in [0.1, 0.15) is 23.7 Å². The molecule has 2 aromatic carbocycles. The van der Waals surface area contributed by atoms with Gasteiger partial charge in [0.25, 0.3) is 5.91 Å². The summed E-state index contributed by atoms with van der Waals surface area (Å²) in [6.07, 6.45) is -0.658. The Kier molecular flexibility index (Phi) is 5.91. The molecule has 0 atom stereocenters. The normalized spacial score (nSPS) is 13.2. The van der Waals surface area contributed by atoms with Crippen LogP contribution in [0, 0.1) is 5.82 Å². The highest BCUT2D eigenvalue weighted by atomic mass is 19.1. The molecule has 0 aromatic heterocycles. The monoisotopic (exact) mass is 415 g/mol. The SMILES string of the molecule is CC(C)(C)OC(=O)Nc1ccc2c(c1)N(CC(=O)Nc1ccccc1F)C(=O)CO2. The molecule has 0 spiro atoms. The Labute approximate surface area is 173 Å². The van der Waals surface area contributed by atoms with E-state index in [1.807, 2.05) is 0 Å². The molecule has 1 aliphatic heterocycles. The standard InChI is InChI=1S/C21H22FN3O5/c1-21(2,3)30-20(28)23-13-8-9-17-16(10-13)25(19(27)12-29-17)11-18(26)24-15-7-5-4-6-14(15)22/h4-10H,11-12H2,1-3H3,(H,23,28)(H,24,26). The van der Waals surface area contributed by atoms with E-state index in [9.17, 15) is 18.8 Å². The van der Waals surface area contributed by atoms with E-state index in [0.717, 1.165) is 0 Å². The smallest absolute Gasteiger partial charge is 0.412 e. The van der Waals surface area contributed by atoms with Crippen molar-refractivity contribution in [3.05, 3.63) is 48.3 Å². The van der Waals surface area contributed by atoms with E-state index in [4.69, 9.17) is 9.47 Å². The molecule has 30 heavy (non-hydrogen) atoms. The molecule has 0 fully saturated rings. The summed E-state index contributed by atoms with van der Waals surface area (Å²) in [6.45, 7) is 4.63. The van der Waals surface area contributed by atoms with E-state index in [-0.39, 0.29) is 18.8 Å². The second-order valence-electron chi connectivity index (χ2n) is 7.61. The average molecular weight is 415 g/mol. The molecule has 0 unspecified atom stereocenters. The van der Waals surface area contributed by atoms with Crippen molar-refractivity contribution in [2.75, 3.05) is 28.7 Å². The Bertz CT molecular complexity index is 987. The van der Waals surface area contributed by atoms with Gasteiger partial charge in [-0.25, -0.2) is 9.18 Å². The number of rotatable bonds is 4. The van der Waals surface area contributed by atoms with Crippen LogP contribution >= 0.6 is 0 Å². The number of carbonyl (C=O) groups excluding carboxylic acids is 3. The van der Waals surface area contributed by atoms with Crippen molar-refractivity contribution in [3.63, 3.8) is 0 Å². The molecule has 0 saturated heterocycles. The molecule has 1 aliphatic rings. The summed E-state index contributed by atoms with van der Waals surface area (Å²) >= 11 is 0. The van der Waals surface area contributed by atoms with Crippen LogP contribution in [0.2, 0.25) is 0 Å². The van der Waals surface area contributed by atoms with Gasteiger partial charge in [0, 0.05) is 5.69 Å². The number of para-hydroxylation sites is 1. The zero-order chi connectivity index (χ0) is 21.9. The number of hydrogen-bond acceptors (Lipinski definition) is 5. The maximum Gasteiger partial charge on any atom is 0.412 e. The maximum atomic E-state index is 13.8. The lowest BCUT2D eigenvalue weighted by molar-refractivity contribution is -0.123. The van der Waals surface area contributed by atoms with Crippen LogP contribution in [0.3, 0.4) is 0 Å². The lowest BCUT2D eigenvalue weighted by Crippen LogP contribution is -2.43. The third-order valence-electron chi connectivity index (χ3n) is 4.00. The number of nitrogens with zero attached hydrogens (tertiary/aromatic N) is 1. The topological polar surface area (TPSA) is 97.0 Å². The van der Waals surface area contributed by atoms with E-state index in [1.54, 1.807) is 39.0 Å². The summed E-state index contributed by atoms with van der Waals surface area (Å²) < 4.78 is 24.4. The van der Waals surface area contributed by atoms with Crippen LogP contribution < -0.4 is 20.3 Å². The molecule has 3 rings (SSSR count). The fourth-order valence-electron chi connectivity index (χ4n) is 2.77. The first-order chi connectivity index (χ1) is 14.1. The van der Waals surface area contributed by atoms with Crippen LogP contribution in [0.4, 0.5) is 26.2 Å². The van der Waals surface area contributed by atoms with Crippen molar-refractivity contribution in [1.29, 1.82) is 0 Å². The Morgan fingerprint density at radius 1 is 1.17 bits per heavy atom. The number of carbonyl (C=O) groups is 3. The quantitative estimate of drug-likeness (QED) is 0.796.